The molecule has 1 heterocycles. The van der Waals surface area contributed by atoms with Crippen molar-refractivity contribution < 1.29 is 9.59 Å². The number of nitrogens with one attached hydrogen (secondary N) is 2. The second kappa shape index (κ2) is 7.03. The van der Waals surface area contributed by atoms with E-state index in [1.54, 1.807) is 20.0 Å². The third-order valence-corrected chi connectivity index (χ3v) is 2.96. The summed E-state index contributed by atoms with van der Waals surface area (Å²) >= 11 is 0. The van der Waals surface area contributed by atoms with Crippen molar-refractivity contribution >= 4 is 11.8 Å². The Bertz CT molecular complexity index is 455. The van der Waals surface area contributed by atoms with Crippen molar-refractivity contribution in [1.29, 1.82) is 0 Å². The molecular weight excluding hydrogens is 254 g/mol. The Morgan fingerprint density at radius 2 is 1.85 bits per heavy atom. The molecule has 0 radical (unpaired) electrons. The van der Waals surface area contributed by atoms with Gasteiger partial charge >= 0.3 is 0 Å². The standard InChI is InChI=1S/C15H23N3O2/c1-11(2)9-17-13(19)15(3,4)14(20)18-10-12-7-5-6-8-16-12/h5-8,11H,9-10H2,1-4H3,(H,17,19)(H,18,20). The first-order valence-corrected chi connectivity index (χ1v) is 6.80. The second-order valence-corrected chi connectivity index (χ2v) is 5.73. The normalized spacial score (nSPS) is 11.2. The van der Waals surface area contributed by atoms with Gasteiger partial charge < -0.3 is 10.6 Å². The third-order valence-electron chi connectivity index (χ3n) is 2.96. The number of rotatable bonds is 6. The first-order chi connectivity index (χ1) is 9.34. The minimum absolute atomic E-state index is 0.260. The van der Waals surface area contributed by atoms with E-state index >= 15 is 0 Å². The smallest absolute Gasteiger partial charge is 0.235 e. The quantitative estimate of drug-likeness (QED) is 0.774. The maximum Gasteiger partial charge on any atom is 0.235 e. The summed E-state index contributed by atoms with van der Waals surface area (Å²) in [5, 5.41) is 5.53. The van der Waals surface area contributed by atoms with E-state index in [-0.39, 0.29) is 11.8 Å². The molecule has 0 atom stereocenters. The van der Waals surface area contributed by atoms with E-state index in [2.05, 4.69) is 15.6 Å². The highest BCUT2D eigenvalue weighted by Crippen LogP contribution is 2.15. The molecule has 0 aliphatic rings. The van der Waals surface area contributed by atoms with Crippen LogP contribution in [0.15, 0.2) is 24.4 Å². The van der Waals surface area contributed by atoms with Crippen LogP contribution in [-0.2, 0) is 16.1 Å². The summed E-state index contributed by atoms with van der Waals surface area (Å²) in [6.45, 7) is 8.14. The van der Waals surface area contributed by atoms with Gasteiger partial charge in [-0.25, -0.2) is 0 Å². The van der Waals surface area contributed by atoms with Crippen LogP contribution < -0.4 is 10.6 Å². The summed E-state index contributed by atoms with van der Waals surface area (Å²) in [5.41, 5.74) is -0.330. The molecule has 0 spiro atoms. The fourth-order valence-electron chi connectivity index (χ4n) is 1.52. The van der Waals surface area contributed by atoms with E-state index in [1.165, 1.54) is 0 Å². The molecule has 110 valence electrons. The van der Waals surface area contributed by atoms with Gasteiger partial charge in [0.25, 0.3) is 0 Å². The van der Waals surface area contributed by atoms with Gasteiger partial charge in [0.05, 0.1) is 12.2 Å². The van der Waals surface area contributed by atoms with Crippen LogP contribution in [0.3, 0.4) is 0 Å². The number of hydrogen-bond acceptors (Lipinski definition) is 3. The molecule has 1 aromatic rings. The number of pyridine rings is 1. The average Bonchev–Trinajstić information content (AvgIpc) is 2.42. The van der Waals surface area contributed by atoms with Crippen LogP contribution in [0.1, 0.15) is 33.4 Å². The predicted molar refractivity (Wildman–Crippen MR) is 77.7 cm³/mol. The van der Waals surface area contributed by atoms with Gasteiger partial charge in [-0.15, -0.1) is 0 Å². The summed E-state index contributed by atoms with van der Waals surface area (Å²) in [6.07, 6.45) is 1.67. The molecule has 1 aromatic heterocycles. The van der Waals surface area contributed by atoms with E-state index in [0.29, 0.717) is 19.0 Å². The van der Waals surface area contributed by atoms with Gasteiger partial charge in [0.2, 0.25) is 11.8 Å². The number of carbonyl (C=O) groups excluding carboxylic acids is 2. The van der Waals surface area contributed by atoms with Crippen molar-refractivity contribution in [3.63, 3.8) is 0 Å². The molecule has 0 aromatic carbocycles. The zero-order valence-corrected chi connectivity index (χ0v) is 12.6. The Morgan fingerprint density at radius 1 is 1.20 bits per heavy atom. The molecule has 0 bridgehead atoms. The second-order valence-electron chi connectivity index (χ2n) is 5.73. The SMILES string of the molecule is CC(C)CNC(=O)C(C)(C)C(=O)NCc1ccccn1. The summed E-state index contributed by atoms with van der Waals surface area (Å²) in [7, 11) is 0. The number of hydrogen-bond donors (Lipinski definition) is 2. The fraction of sp³-hybridized carbons (Fsp3) is 0.533. The van der Waals surface area contributed by atoms with Crippen LogP contribution in [0.2, 0.25) is 0 Å². The van der Waals surface area contributed by atoms with Gasteiger partial charge in [-0.3, -0.25) is 14.6 Å². The van der Waals surface area contributed by atoms with Crippen LogP contribution in [0.25, 0.3) is 0 Å². The Morgan fingerprint density at radius 3 is 2.40 bits per heavy atom. The van der Waals surface area contributed by atoms with Gasteiger partial charge in [-0.05, 0) is 31.9 Å². The predicted octanol–water partition coefficient (Wildman–Crippen LogP) is 1.50. The molecule has 1 rings (SSSR count). The first kappa shape index (κ1) is 16.1. The highest BCUT2D eigenvalue weighted by molar-refractivity contribution is 6.04. The minimum Gasteiger partial charge on any atom is -0.355 e. The summed E-state index contributed by atoms with van der Waals surface area (Å²) < 4.78 is 0. The molecule has 2 N–H and O–H groups in total. The molecule has 5 heteroatoms. The maximum atomic E-state index is 12.1. The van der Waals surface area contributed by atoms with Gasteiger partial charge in [0.15, 0.2) is 0 Å². The molecular formula is C15H23N3O2. The molecule has 0 saturated heterocycles. The highest BCUT2D eigenvalue weighted by atomic mass is 16.2. The zero-order chi connectivity index (χ0) is 15.2. The monoisotopic (exact) mass is 277 g/mol. The van der Waals surface area contributed by atoms with E-state index in [9.17, 15) is 9.59 Å². The van der Waals surface area contributed by atoms with Crippen LogP contribution in [0, 0.1) is 11.3 Å². The summed E-state index contributed by atoms with van der Waals surface area (Å²) in [5.74, 6) is -0.208. The molecule has 20 heavy (non-hydrogen) atoms. The van der Waals surface area contributed by atoms with Gasteiger partial charge in [0, 0.05) is 12.7 Å². The van der Waals surface area contributed by atoms with Gasteiger partial charge in [0.1, 0.15) is 5.41 Å². The van der Waals surface area contributed by atoms with E-state index in [4.69, 9.17) is 0 Å². The lowest BCUT2D eigenvalue weighted by atomic mass is 9.91. The lowest BCUT2D eigenvalue weighted by Crippen LogP contribution is -2.48. The minimum atomic E-state index is -1.09. The topological polar surface area (TPSA) is 71.1 Å². The van der Waals surface area contributed by atoms with Crippen LogP contribution in [0.4, 0.5) is 0 Å². The molecule has 0 saturated carbocycles. The third kappa shape index (κ3) is 4.64. The number of aromatic nitrogens is 1. The van der Waals surface area contributed by atoms with E-state index in [1.807, 2.05) is 32.0 Å². The molecule has 5 nitrogen and oxygen atoms in total. The van der Waals surface area contributed by atoms with Crippen molar-refractivity contribution in [2.24, 2.45) is 11.3 Å². The van der Waals surface area contributed by atoms with Crippen LogP contribution in [-0.4, -0.2) is 23.3 Å². The van der Waals surface area contributed by atoms with E-state index in [0.717, 1.165) is 5.69 Å². The summed E-state index contributed by atoms with van der Waals surface area (Å²) in [6, 6.07) is 5.50. The highest BCUT2D eigenvalue weighted by Gasteiger charge is 2.35. The van der Waals surface area contributed by atoms with Crippen LogP contribution >= 0.6 is 0 Å². The number of carbonyl (C=O) groups is 2. The number of amides is 2. The molecule has 0 fully saturated rings. The Kier molecular flexibility index (Phi) is 5.67. The molecule has 0 unspecified atom stereocenters. The largest absolute Gasteiger partial charge is 0.355 e. The van der Waals surface area contributed by atoms with Gasteiger partial charge in [-0.1, -0.05) is 19.9 Å². The Balaban J connectivity index is 2.54. The Hall–Kier alpha value is -1.91. The fourth-order valence-corrected chi connectivity index (χ4v) is 1.52. The molecule has 2 amide bonds. The lowest BCUT2D eigenvalue weighted by Gasteiger charge is -2.23. The van der Waals surface area contributed by atoms with Crippen molar-refractivity contribution in [2.45, 2.75) is 34.2 Å². The van der Waals surface area contributed by atoms with Crippen LogP contribution in [0.5, 0.6) is 0 Å². The zero-order valence-electron chi connectivity index (χ0n) is 12.6. The first-order valence-electron chi connectivity index (χ1n) is 6.80. The van der Waals surface area contributed by atoms with Crippen molar-refractivity contribution in [3.05, 3.63) is 30.1 Å². The van der Waals surface area contributed by atoms with Gasteiger partial charge in [-0.2, -0.15) is 0 Å². The van der Waals surface area contributed by atoms with Crippen molar-refractivity contribution in [1.82, 2.24) is 15.6 Å². The molecule has 0 aliphatic heterocycles. The lowest BCUT2D eigenvalue weighted by molar-refractivity contribution is -0.141. The number of nitrogens with zero attached hydrogens (tertiary/aromatic N) is 1. The molecule has 0 aliphatic carbocycles. The van der Waals surface area contributed by atoms with E-state index < -0.39 is 5.41 Å². The van der Waals surface area contributed by atoms with Crippen molar-refractivity contribution in [3.8, 4) is 0 Å². The Labute approximate surface area is 120 Å². The average molecular weight is 277 g/mol. The summed E-state index contributed by atoms with van der Waals surface area (Å²) in [4.78, 5) is 28.3. The maximum absolute atomic E-state index is 12.1. The van der Waals surface area contributed by atoms with Crippen molar-refractivity contribution in [2.75, 3.05) is 6.54 Å².